The van der Waals surface area contributed by atoms with Crippen LogP contribution in [0.3, 0.4) is 0 Å². The minimum Gasteiger partial charge on any atom is -0.457 e. The van der Waals surface area contributed by atoms with E-state index in [1.807, 2.05) is 4.90 Å². The normalized spacial score (nSPS) is 17.8. The molecule has 1 aromatic heterocycles. The van der Waals surface area contributed by atoms with Gasteiger partial charge in [0.25, 0.3) is 5.91 Å². The first-order valence-electron chi connectivity index (χ1n) is 6.12. The highest BCUT2D eigenvalue weighted by atomic mass is 79.9. The molecular weight excluding hydrogens is 282 g/mol. The zero-order valence-electron chi connectivity index (χ0n) is 10.3. The van der Waals surface area contributed by atoms with E-state index >= 15 is 0 Å². The van der Waals surface area contributed by atoms with E-state index in [9.17, 15) is 4.79 Å². The van der Waals surface area contributed by atoms with Crippen LogP contribution in [0.5, 0.6) is 0 Å². The number of hydrogen-bond acceptors (Lipinski definition) is 2. The number of piperidine rings is 1. The lowest BCUT2D eigenvalue weighted by molar-refractivity contribution is 0.0665. The first-order valence-corrected chi connectivity index (χ1v) is 6.91. The quantitative estimate of drug-likeness (QED) is 0.837. The maximum atomic E-state index is 12.2. The van der Waals surface area contributed by atoms with Gasteiger partial charge in [0, 0.05) is 13.1 Å². The lowest BCUT2D eigenvalue weighted by atomic mass is 9.86. The second-order valence-electron chi connectivity index (χ2n) is 4.98. The maximum Gasteiger partial charge on any atom is 0.258 e. The molecule has 1 saturated heterocycles. The Balaban J connectivity index is 1.98. The molecule has 3 nitrogen and oxygen atoms in total. The summed E-state index contributed by atoms with van der Waals surface area (Å²) in [5.41, 5.74) is 0.632. The van der Waals surface area contributed by atoms with Gasteiger partial charge in [-0.25, -0.2) is 0 Å². The number of halogens is 1. The van der Waals surface area contributed by atoms with Crippen LogP contribution in [-0.4, -0.2) is 23.9 Å². The van der Waals surface area contributed by atoms with E-state index in [4.69, 9.17) is 4.42 Å². The summed E-state index contributed by atoms with van der Waals surface area (Å²) in [6.45, 7) is 6.24. The number of carbonyl (C=O) groups is 1. The van der Waals surface area contributed by atoms with Crippen LogP contribution in [0, 0.1) is 11.8 Å². The standard InChI is InChI=1S/C13H18BrNO2/c1-9(2)10-3-6-15(7-4-10)13(16)11-5-8-17-12(11)14/h5,8-10H,3-4,6-7H2,1-2H3. The Morgan fingerprint density at radius 2 is 2.12 bits per heavy atom. The van der Waals surface area contributed by atoms with Crippen LogP contribution in [-0.2, 0) is 0 Å². The lowest BCUT2D eigenvalue weighted by Gasteiger charge is -2.33. The van der Waals surface area contributed by atoms with Gasteiger partial charge in [-0.1, -0.05) is 13.8 Å². The molecule has 1 aromatic rings. The Kier molecular flexibility index (Phi) is 3.92. The van der Waals surface area contributed by atoms with Crippen molar-refractivity contribution in [2.75, 3.05) is 13.1 Å². The molecule has 17 heavy (non-hydrogen) atoms. The Morgan fingerprint density at radius 3 is 2.59 bits per heavy atom. The van der Waals surface area contributed by atoms with Gasteiger partial charge in [-0.2, -0.15) is 0 Å². The van der Waals surface area contributed by atoms with Crippen LogP contribution >= 0.6 is 15.9 Å². The number of amides is 1. The van der Waals surface area contributed by atoms with Gasteiger partial charge in [0.1, 0.15) is 0 Å². The fourth-order valence-electron chi connectivity index (χ4n) is 2.39. The largest absolute Gasteiger partial charge is 0.457 e. The van der Waals surface area contributed by atoms with Gasteiger partial charge >= 0.3 is 0 Å². The van der Waals surface area contributed by atoms with Crippen LogP contribution in [0.4, 0.5) is 0 Å². The molecule has 0 bridgehead atoms. The predicted molar refractivity (Wildman–Crippen MR) is 69.9 cm³/mol. The highest BCUT2D eigenvalue weighted by Gasteiger charge is 2.26. The van der Waals surface area contributed by atoms with Crippen molar-refractivity contribution in [2.24, 2.45) is 11.8 Å². The van der Waals surface area contributed by atoms with Crippen LogP contribution in [0.1, 0.15) is 37.0 Å². The predicted octanol–water partition coefficient (Wildman–Crippen LogP) is 3.55. The summed E-state index contributed by atoms with van der Waals surface area (Å²) in [5, 5.41) is 0. The molecule has 0 atom stereocenters. The molecule has 0 saturated carbocycles. The number of carbonyl (C=O) groups excluding carboxylic acids is 1. The molecule has 1 aliphatic heterocycles. The molecule has 94 valence electrons. The van der Waals surface area contributed by atoms with Crippen LogP contribution in [0.15, 0.2) is 21.4 Å². The number of rotatable bonds is 2. The van der Waals surface area contributed by atoms with Crippen LogP contribution in [0.25, 0.3) is 0 Å². The molecule has 1 amide bonds. The van der Waals surface area contributed by atoms with Crippen molar-refractivity contribution in [3.63, 3.8) is 0 Å². The minimum atomic E-state index is 0.0767. The summed E-state index contributed by atoms with van der Waals surface area (Å²) < 4.78 is 5.64. The SMILES string of the molecule is CC(C)C1CCN(C(=O)c2ccoc2Br)CC1. The summed E-state index contributed by atoms with van der Waals surface area (Å²) in [4.78, 5) is 14.1. The van der Waals surface area contributed by atoms with Gasteiger partial charge in [-0.3, -0.25) is 4.79 Å². The number of likely N-dealkylation sites (tertiary alicyclic amines) is 1. The smallest absolute Gasteiger partial charge is 0.258 e. The molecule has 0 radical (unpaired) electrons. The molecule has 4 heteroatoms. The van der Waals surface area contributed by atoms with E-state index < -0.39 is 0 Å². The zero-order valence-corrected chi connectivity index (χ0v) is 11.9. The highest BCUT2D eigenvalue weighted by molar-refractivity contribution is 9.10. The fraction of sp³-hybridized carbons (Fsp3) is 0.615. The first-order chi connectivity index (χ1) is 8.09. The molecule has 2 rings (SSSR count). The van der Waals surface area contributed by atoms with Crippen molar-refractivity contribution < 1.29 is 9.21 Å². The molecular formula is C13H18BrNO2. The van der Waals surface area contributed by atoms with E-state index in [1.165, 1.54) is 6.26 Å². The van der Waals surface area contributed by atoms with Crippen molar-refractivity contribution >= 4 is 21.8 Å². The Hall–Kier alpha value is -0.770. The molecule has 1 aliphatic rings. The van der Waals surface area contributed by atoms with Crippen molar-refractivity contribution in [2.45, 2.75) is 26.7 Å². The monoisotopic (exact) mass is 299 g/mol. The van der Waals surface area contributed by atoms with Crippen molar-refractivity contribution in [3.05, 3.63) is 22.6 Å². The third-order valence-corrected chi connectivity index (χ3v) is 4.23. The Labute approximate surface area is 110 Å². The molecule has 0 aliphatic carbocycles. The summed E-state index contributed by atoms with van der Waals surface area (Å²) in [5.74, 6) is 1.55. The number of furan rings is 1. The molecule has 0 N–H and O–H groups in total. The van der Waals surface area contributed by atoms with Gasteiger partial charge in [-0.05, 0) is 46.7 Å². The fourth-order valence-corrected chi connectivity index (χ4v) is 2.80. The molecule has 0 aromatic carbocycles. The zero-order chi connectivity index (χ0) is 12.4. The van der Waals surface area contributed by atoms with E-state index in [2.05, 4.69) is 29.8 Å². The molecule has 0 spiro atoms. The summed E-state index contributed by atoms with van der Waals surface area (Å²) in [6.07, 6.45) is 3.76. The lowest BCUT2D eigenvalue weighted by Crippen LogP contribution is -2.39. The average molecular weight is 300 g/mol. The average Bonchev–Trinajstić information content (AvgIpc) is 2.74. The second kappa shape index (κ2) is 5.25. The first kappa shape index (κ1) is 12.7. The Bertz CT molecular complexity index is 392. The van der Waals surface area contributed by atoms with Crippen molar-refractivity contribution in [3.8, 4) is 0 Å². The highest BCUT2D eigenvalue weighted by Crippen LogP contribution is 2.26. The van der Waals surface area contributed by atoms with E-state index in [0.29, 0.717) is 16.2 Å². The molecule has 0 unspecified atom stereocenters. The number of nitrogens with zero attached hydrogens (tertiary/aromatic N) is 1. The van der Waals surface area contributed by atoms with Crippen LogP contribution in [0.2, 0.25) is 0 Å². The van der Waals surface area contributed by atoms with Crippen LogP contribution < -0.4 is 0 Å². The van der Waals surface area contributed by atoms with Crippen molar-refractivity contribution in [1.29, 1.82) is 0 Å². The van der Waals surface area contributed by atoms with Gasteiger partial charge in [0.15, 0.2) is 4.67 Å². The second-order valence-corrected chi connectivity index (χ2v) is 5.70. The summed E-state index contributed by atoms with van der Waals surface area (Å²) in [6, 6.07) is 1.72. The van der Waals surface area contributed by atoms with E-state index in [0.717, 1.165) is 31.8 Å². The van der Waals surface area contributed by atoms with Crippen molar-refractivity contribution in [1.82, 2.24) is 4.90 Å². The van der Waals surface area contributed by atoms with Gasteiger partial charge in [0.2, 0.25) is 0 Å². The van der Waals surface area contributed by atoms with Gasteiger partial charge in [0.05, 0.1) is 11.8 Å². The maximum absolute atomic E-state index is 12.2. The Morgan fingerprint density at radius 1 is 1.47 bits per heavy atom. The third-order valence-electron chi connectivity index (χ3n) is 3.62. The summed E-state index contributed by atoms with van der Waals surface area (Å²) in [7, 11) is 0. The topological polar surface area (TPSA) is 33.5 Å². The third kappa shape index (κ3) is 2.73. The van der Waals surface area contributed by atoms with Gasteiger partial charge < -0.3 is 9.32 Å². The van der Waals surface area contributed by atoms with E-state index in [-0.39, 0.29) is 5.91 Å². The number of hydrogen-bond donors (Lipinski definition) is 0. The minimum absolute atomic E-state index is 0.0767. The van der Waals surface area contributed by atoms with Gasteiger partial charge in [-0.15, -0.1) is 0 Å². The molecule has 1 fully saturated rings. The molecule has 2 heterocycles. The summed E-state index contributed by atoms with van der Waals surface area (Å²) >= 11 is 3.25. The van der Waals surface area contributed by atoms with E-state index in [1.54, 1.807) is 6.07 Å².